The summed E-state index contributed by atoms with van der Waals surface area (Å²) < 4.78 is 38.3. The van der Waals surface area contributed by atoms with E-state index >= 15 is 0 Å². The van der Waals surface area contributed by atoms with E-state index in [4.69, 9.17) is 4.74 Å². The highest BCUT2D eigenvalue weighted by atomic mass is 32.2. The maximum absolute atomic E-state index is 12.0. The molecule has 1 saturated carbocycles. The van der Waals surface area contributed by atoms with Gasteiger partial charge in [-0.15, -0.1) is 0 Å². The largest absolute Gasteiger partial charge is 0.748 e. The van der Waals surface area contributed by atoms with Crippen molar-refractivity contribution in [1.29, 1.82) is 0 Å². The molecule has 1 aromatic carbocycles. The molecule has 0 aliphatic heterocycles. The molecule has 2 rings (SSSR count). The van der Waals surface area contributed by atoms with Gasteiger partial charge in [0, 0.05) is 12.6 Å². The lowest BCUT2D eigenvalue weighted by Gasteiger charge is -2.26. The molecule has 1 aromatic rings. The first kappa shape index (κ1) is 17.9. The van der Waals surface area contributed by atoms with Crippen LogP contribution in [0.2, 0.25) is 0 Å². The molecule has 1 atom stereocenters. The van der Waals surface area contributed by atoms with Gasteiger partial charge in [0.2, 0.25) is 0 Å². The van der Waals surface area contributed by atoms with Gasteiger partial charge in [0.25, 0.3) is 0 Å². The van der Waals surface area contributed by atoms with Crippen LogP contribution < -0.4 is 5.32 Å². The average Bonchev–Trinajstić information content (AvgIpc) is 2.53. The zero-order valence-electron chi connectivity index (χ0n) is 12.9. The summed E-state index contributed by atoms with van der Waals surface area (Å²) in [5, 5.41) is 3.22. The van der Waals surface area contributed by atoms with E-state index in [1.165, 1.54) is 6.42 Å². The maximum Gasteiger partial charge on any atom is 0.338 e. The summed E-state index contributed by atoms with van der Waals surface area (Å²) in [5.41, 5.74) is 0.332. The minimum absolute atomic E-state index is 0.171. The van der Waals surface area contributed by atoms with Crippen molar-refractivity contribution in [2.75, 3.05) is 12.3 Å². The number of carbonyl (C=O) groups excluding carboxylic acids is 1. The van der Waals surface area contributed by atoms with Gasteiger partial charge in [-0.2, -0.15) is 0 Å². The molecule has 23 heavy (non-hydrogen) atoms. The van der Waals surface area contributed by atoms with Gasteiger partial charge in [-0.25, -0.2) is 13.2 Å². The molecular weight excluding hydrogens is 318 g/mol. The van der Waals surface area contributed by atoms with Gasteiger partial charge >= 0.3 is 5.97 Å². The fraction of sp³-hybridized carbons (Fsp3) is 0.562. The highest BCUT2D eigenvalue weighted by Crippen LogP contribution is 2.17. The van der Waals surface area contributed by atoms with Gasteiger partial charge in [0.1, 0.15) is 6.10 Å². The first-order valence-electron chi connectivity index (χ1n) is 7.87. The van der Waals surface area contributed by atoms with E-state index in [2.05, 4.69) is 5.32 Å². The normalized spacial score (nSPS) is 17.6. The Hall–Kier alpha value is -1.44. The molecule has 0 saturated heterocycles. The zero-order valence-corrected chi connectivity index (χ0v) is 13.8. The third-order valence-electron chi connectivity index (χ3n) is 3.91. The molecule has 0 bridgehead atoms. The summed E-state index contributed by atoms with van der Waals surface area (Å²) >= 11 is 0. The molecule has 6 nitrogen and oxygen atoms in total. The van der Waals surface area contributed by atoms with Gasteiger partial charge in [0.05, 0.1) is 21.4 Å². The Labute approximate surface area is 137 Å². The molecule has 1 N–H and O–H groups in total. The molecule has 0 heterocycles. The first-order valence-corrected chi connectivity index (χ1v) is 9.45. The van der Waals surface area contributed by atoms with E-state index < -0.39 is 27.9 Å². The Morgan fingerprint density at radius 2 is 1.87 bits per heavy atom. The minimum atomic E-state index is -4.47. The number of hydrogen-bond donors (Lipinski definition) is 1. The van der Waals surface area contributed by atoms with Crippen LogP contribution in [0.25, 0.3) is 0 Å². The second kappa shape index (κ2) is 8.42. The van der Waals surface area contributed by atoms with Gasteiger partial charge in [0.15, 0.2) is 0 Å². The molecule has 0 spiro atoms. The predicted octanol–water partition coefficient (Wildman–Crippen LogP) is 1.68. The second-order valence-electron chi connectivity index (χ2n) is 5.86. The Kier molecular flexibility index (Phi) is 6.56. The van der Waals surface area contributed by atoms with E-state index in [-0.39, 0.29) is 12.6 Å². The van der Waals surface area contributed by atoms with Crippen molar-refractivity contribution >= 4 is 16.1 Å². The molecule has 1 unspecified atom stereocenters. The average molecular weight is 340 g/mol. The van der Waals surface area contributed by atoms with Crippen molar-refractivity contribution in [2.24, 2.45) is 0 Å². The van der Waals surface area contributed by atoms with Crippen LogP contribution in [0.1, 0.15) is 42.5 Å². The summed E-state index contributed by atoms with van der Waals surface area (Å²) in [7, 11) is -4.47. The van der Waals surface area contributed by atoms with Crippen LogP contribution in [0.3, 0.4) is 0 Å². The molecule has 7 heteroatoms. The van der Waals surface area contributed by atoms with Crippen molar-refractivity contribution in [3.05, 3.63) is 35.9 Å². The van der Waals surface area contributed by atoms with Crippen molar-refractivity contribution < 1.29 is 22.5 Å². The molecule has 0 radical (unpaired) electrons. The highest BCUT2D eigenvalue weighted by Gasteiger charge is 2.21. The highest BCUT2D eigenvalue weighted by molar-refractivity contribution is 7.85. The third-order valence-corrected chi connectivity index (χ3v) is 4.69. The van der Waals surface area contributed by atoms with Crippen molar-refractivity contribution in [3.63, 3.8) is 0 Å². The molecule has 1 aliphatic rings. The molecule has 128 valence electrons. The lowest BCUT2D eigenvalue weighted by atomic mass is 9.95. The predicted molar refractivity (Wildman–Crippen MR) is 85.1 cm³/mol. The third kappa shape index (κ3) is 6.68. The molecule has 0 amide bonds. The molecule has 1 fully saturated rings. The van der Waals surface area contributed by atoms with E-state index in [9.17, 15) is 17.8 Å². The van der Waals surface area contributed by atoms with Gasteiger partial charge in [-0.1, -0.05) is 37.5 Å². The number of benzene rings is 1. The number of esters is 1. The van der Waals surface area contributed by atoms with Crippen LogP contribution in [-0.4, -0.2) is 43.4 Å². The van der Waals surface area contributed by atoms with Gasteiger partial charge in [-0.05, 0) is 25.0 Å². The van der Waals surface area contributed by atoms with Crippen molar-refractivity contribution in [1.82, 2.24) is 5.32 Å². The van der Waals surface area contributed by atoms with E-state index in [1.807, 2.05) is 0 Å². The fourth-order valence-electron chi connectivity index (χ4n) is 2.76. The van der Waals surface area contributed by atoms with Crippen molar-refractivity contribution in [2.45, 2.75) is 44.2 Å². The van der Waals surface area contributed by atoms with Gasteiger partial charge in [-0.3, -0.25) is 0 Å². The molecular formula is C16H22NO5S-. The summed E-state index contributed by atoms with van der Waals surface area (Å²) in [6, 6.07) is 8.60. The number of ether oxygens (including phenoxy) is 1. The van der Waals surface area contributed by atoms with Crippen LogP contribution in [0, 0.1) is 0 Å². The fourth-order valence-corrected chi connectivity index (χ4v) is 3.40. The monoisotopic (exact) mass is 340 g/mol. The summed E-state index contributed by atoms with van der Waals surface area (Å²) in [5.74, 6) is -1.34. The van der Waals surface area contributed by atoms with Crippen molar-refractivity contribution in [3.8, 4) is 0 Å². The summed E-state index contributed by atoms with van der Waals surface area (Å²) in [6.45, 7) is 0.171. The molecule has 0 aromatic heterocycles. The van der Waals surface area contributed by atoms with Gasteiger partial charge < -0.3 is 14.6 Å². The first-order chi connectivity index (χ1) is 10.9. The Bertz CT molecular complexity index is 596. The zero-order chi connectivity index (χ0) is 16.7. The minimum Gasteiger partial charge on any atom is -0.748 e. The maximum atomic E-state index is 12.0. The number of nitrogens with one attached hydrogen (secondary N) is 1. The van der Waals surface area contributed by atoms with E-state index in [0.29, 0.717) is 5.56 Å². The standard InChI is InChI=1S/C16H23NO5S/c18-16(13-7-3-1-4-8-13)22-15(12-23(19,20)21)11-17-14-9-5-2-6-10-14/h1,3-4,7-8,14-15,17H,2,5-6,9-12H2,(H,19,20,21)/p-1. The number of carbonyl (C=O) groups is 1. The number of hydrogen-bond acceptors (Lipinski definition) is 6. The van der Waals surface area contributed by atoms with E-state index in [1.54, 1.807) is 30.3 Å². The lowest BCUT2D eigenvalue weighted by molar-refractivity contribution is 0.0338. The Balaban J connectivity index is 1.94. The van der Waals surface area contributed by atoms with E-state index in [0.717, 1.165) is 25.7 Å². The van der Waals surface area contributed by atoms with Crippen LogP contribution >= 0.6 is 0 Å². The summed E-state index contributed by atoms with van der Waals surface area (Å²) in [6.07, 6.45) is 4.52. The summed E-state index contributed by atoms with van der Waals surface area (Å²) in [4.78, 5) is 12.0. The topological polar surface area (TPSA) is 95.5 Å². The second-order valence-corrected chi connectivity index (χ2v) is 7.31. The van der Waals surface area contributed by atoms with Crippen LogP contribution in [0.15, 0.2) is 30.3 Å². The SMILES string of the molecule is O=C(OC(CNC1CCCCC1)CS(=O)(=O)[O-])c1ccccc1. The smallest absolute Gasteiger partial charge is 0.338 e. The molecule has 1 aliphatic carbocycles. The van der Waals surface area contributed by atoms with Crippen LogP contribution in [-0.2, 0) is 14.9 Å². The van der Waals surface area contributed by atoms with Crippen LogP contribution in [0.4, 0.5) is 0 Å². The Morgan fingerprint density at radius 1 is 1.22 bits per heavy atom. The van der Waals surface area contributed by atoms with Crippen LogP contribution in [0.5, 0.6) is 0 Å². The quantitative estimate of drug-likeness (QED) is 0.599. The lowest BCUT2D eigenvalue weighted by Crippen LogP contribution is -2.41. The Morgan fingerprint density at radius 3 is 2.48 bits per heavy atom. The number of rotatable bonds is 7.